The molecule has 2 unspecified atom stereocenters. The molecule has 0 bridgehead atoms. The smallest absolute Gasteiger partial charge is 0.113 e. The van der Waals surface area contributed by atoms with Crippen LogP contribution in [0.3, 0.4) is 0 Å². The summed E-state index contributed by atoms with van der Waals surface area (Å²) in [7, 11) is 0. The van der Waals surface area contributed by atoms with Crippen molar-refractivity contribution < 1.29 is 0 Å². The van der Waals surface area contributed by atoms with E-state index in [4.69, 9.17) is 4.98 Å². The average Bonchev–Trinajstić information content (AvgIpc) is 2.79. The van der Waals surface area contributed by atoms with Crippen LogP contribution in [0, 0.1) is 12.8 Å². The Morgan fingerprint density at radius 3 is 2.37 bits per heavy atom. The quantitative estimate of drug-likeness (QED) is 0.750. The molecule has 1 N–H and O–H groups in total. The minimum absolute atomic E-state index is 0.0764. The van der Waals surface area contributed by atoms with E-state index in [1.165, 1.54) is 28.4 Å². The van der Waals surface area contributed by atoms with E-state index in [1.807, 2.05) is 11.3 Å². The van der Waals surface area contributed by atoms with Crippen LogP contribution in [-0.4, -0.2) is 11.5 Å². The SMILES string of the molecule is CCNC(CC)(CC(C)CC)c1nc(CC)c(C)s1. The van der Waals surface area contributed by atoms with Crippen molar-refractivity contribution in [3.05, 3.63) is 15.6 Å². The number of thiazole rings is 1. The monoisotopic (exact) mass is 282 g/mol. The molecular formula is C16H30N2S. The molecule has 19 heavy (non-hydrogen) atoms. The lowest BCUT2D eigenvalue weighted by Crippen LogP contribution is -2.43. The molecule has 1 rings (SSSR count). The summed E-state index contributed by atoms with van der Waals surface area (Å²) < 4.78 is 0. The largest absolute Gasteiger partial charge is 0.306 e. The third-order valence-corrected chi connectivity index (χ3v) is 5.37. The predicted octanol–water partition coefficient (Wildman–Crippen LogP) is 4.66. The Balaban J connectivity index is 3.12. The second-order valence-electron chi connectivity index (χ2n) is 5.56. The van der Waals surface area contributed by atoms with Crippen LogP contribution < -0.4 is 5.32 Å². The maximum atomic E-state index is 4.93. The Hall–Kier alpha value is -0.410. The van der Waals surface area contributed by atoms with Crippen LogP contribution in [-0.2, 0) is 12.0 Å². The van der Waals surface area contributed by atoms with Gasteiger partial charge in [0.1, 0.15) is 5.01 Å². The zero-order chi connectivity index (χ0) is 14.5. The van der Waals surface area contributed by atoms with E-state index in [2.05, 4.69) is 46.9 Å². The third-order valence-electron chi connectivity index (χ3n) is 4.15. The number of hydrogen-bond acceptors (Lipinski definition) is 3. The first-order valence-corrected chi connectivity index (χ1v) is 8.56. The van der Waals surface area contributed by atoms with Crippen LogP contribution in [0.25, 0.3) is 0 Å². The van der Waals surface area contributed by atoms with Gasteiger partial charge in [0.15, 0.2) is 0 Å². The van der Waals surface area contributed by atoms with Crippen LogP contribution in [0.4, 0.5) is 0 Å². The highest BCUT2D eigenvalue weighted by molar-refractivity contribution is 7.11. The number of nitrogens with one attached hydrogen (secondary N) is 1. The lowest BCUT2D eigenvalue weighted by Gasteiger charge is -2.34. The van der Waals surface area contributed by atoms with Crippen LogP contribution in [0.2, 0.25) is 0 Å². The molecule has 0 spiro atoms. The molecule has 0 fully saturated rings. The molecule has 1 aromatic heterocycles. The minimum atomic E-state index is 0.0764. The standard InChI is InChI=1S/C16H30N2S/c1-7-12(5)11-16(9-3,17-10-4)15-18-14(8-2)13(6)19-15/h12,17H,7-11H2,1-6H3. The summed E-state index contributed by atoms with van der Waals surface area (Å²) >= 11 is 1.89. The molecule has 0 aliphatic carbocycles. The summed E-state index contributed by atoms with van der Waals surface area (Å²) in [5, 5.41) is 5.04. The molecule has 2 nitrogen and oxygen atoms in total. The zero-order valence-electron chi connectivity index (χ0n) is 13.5. The van der Waals surface area contributed by atoms with E-state index in [1.54, 1.807) is 0 Å². The molecule has 0 radical (unpaired) electrons. The molecule has 0 aliphatic heterocycles. The number of rotatable bonds is 8. The molecular weight excluding hydrogens is 252 g/mol. The molecule has 0 saturated carbocycles. The Morgan fingerprint density at radius 2 is 1.95 bits per heavy atom. The summed E-state index contributed by atoms with van der Waals surface area (Å²) in [6, 6.07) is 0. The van der Waals surface area contributed by atoms with E-state index >= 15 is 0 Å². The highest BCUT2D eigenvalue weighted by Gasteiger charge is 2.34. The van der Waals surface area contributed by atoms with Crippen molar-refractivity contribution in [2.75, 3.05) is 6.54 Å². The molecule has 110 valence electrons. The minimum Gasteiger partial charge on any atom is -0.306 e. The fraction of sp³-hybridized carbons (Fsp3) is 0.812. The van der Waals surface area contributed by atoms with Gasteiger partial charge in [-0.15, -0.1) is 11.3 Å². The van der Waals surface area contributed by atoms with Crippen molar-refractivity contribution in [2.45, 2.75) is 72.8 Å². The van der Waals surface area contributed by atoms with E-state index in [9.17, 15) is 0 Å². The first kappa shape index (κ1) is 16.6. The van der Waals surface area contributed by atoms with Crippen molar-refractivity contribution in [1.82, 2.24) is 10.3 Å². The van der Waals surface area contributed by atoms with Gasteiger partial charge in [0, 0.05) is 4.88 Å². The lowest BCUT2D eigenvalue weighted by atomic mass is 9.85. The lowest BCUT2D eigenvalue weighted by molar-refractivity contribution is 0.253. The number of aromatic nitrogens is 1. The second kappa shape index (κ2) is 7.39. The molecule has 1 aromatic rings. The Labute approximate surface area is 123 Å². The fourth-order valence-corrected chi connectivity index (χ4v) is 3.94. The van der Waals surface area contributed by atoms with Crippen molar-refractivity contribution in [3.8, 4) is 0 Å². The zero-order valence-corrected chi connectivity index (χ0v) is 14.3. The summed E-state index contributed by atoms with van der Waals surface area (Å²) in [5.41, 5.74) is 1.35. The molecule has 2 atom stereocenters. The van der Waals surface area contributed by atoms with Crippen molar-refractivity contribution in [3.63, 3.8) is 0 Å². The molecule has 0 aliphatic rings. The van der Waals surface area contributed by atoms with E-state index < -0.39 is 0 Å². The Bertz CT molecular complexity index is 386. The van der Waals surface area contributed by atoms with Gasteiger partial charge in [-0.05, 0) is 38.6 Å². The van der Waals surface area contributed by atoms with Gasteiger partial charge in [0.25, 0.3) is 0 Å². The average molecular weight is 282 g/mol. The normalized spacial score (nSPS) is 16.3. The van der Waals surface area contributed by atoms with Crippen LogP contribution in [0.1, 0.15) is 69.5 Å². The maximum absolute atomic E-state index is 4.93. The van der Waals surface area contributed by atoms with Crippen molar-refractivity contribution >= 4 is 11.3 Å². The summed E-state index contributed by atoms with van der Waals surface area (Å²) in [5.74, 6) is 0.730. The number of hydrogen-bond donors (Lipinski definition) is 1. The van der Waals surface area contributed by atoms with Gasteiger partial charge in [0.05, 0.1) is 11.2 Å². The number of aryl methyl sites for hydroxylation is 2. The maximum Gasteiger partial charge on any atom is 0.113 e. The fourth-order valence-electron chi connectivity index (χ4n) is 2.69. The Kier molecular flexibility index (Phi) is 6.48. The summed E-state index contributed by atoms with van der Waals surface area (Å²) in [6.45, 7) is 14.5. The van der Waals surface area contributed by atoms with Gasteiger partial charge >= 0.3 is 0 Å². The first-order chi connectivity index (χ1) is 9.02. The molecule has 0 aromatic carbocycles. The summed E-state index contributed by atoms with van der Waals surface area (Å²) in [4.78, 5) is 6.32. The van der Waals surface area contributed by atoms with Crippen LogP contribution >= 0.6 is 11.3 Å². The summed E-state index contributed by atoms with van der Waals surface area (Å²) in [6.07, 6.45) is 4.57. The highest BCUT2D eigenvalue weighted by atomic mass is 32.1. The van der Waals surface area contributed by atoms with Gasteiger partial charge in [-0.3, -0.25) is 0 Å². The molecule has 3 heteroatoms. The van der Waals surface area contributed by atoms with Gasteiger partial charge < -0.3 is 5.32 Å². The van der Waals surface area contributed by atoms with E-state index in [0.29, 0.717) is 0 Å². The van der Waals surface area contributed by atoms with E-state index in [0.717, 1.165) is 25.3 Å². The second-order valence-corrected chi connectivity index (χ2v) is 6.76. The predicted molar refractivity (Wildman–Crippen MR) is 85.9 cm³/mol. The van der Waals surface area contributed by atoms with Crippen LogP contribution in [0.5, 0.6) is 0 Å². The van der Waals surface area contributed by atoms with Gasteiger partial charge in [-0.2, -0.15) is 0 Å². The molecule has 1 heterocycles. The molecule has 0 amide bonds. The molecule has 0 saturated heterocycles. The van der Waals surface area contributed by atoms with Gasteiger partial charge in [-0.25, -0.2) is 4.98 Å². The van der Waals surface area contributed by atoms with Crippen molar-refractivity contribution in [1.29, 1.82) is 0 Å². The third kappa shape index (κ3) is 3.79. The van der Waals surface area contributed by atoms with Crippen LogP contribution in [0.15, 0.2) is 0 Å². The van der Waals surface area contributed by atoms with Gasteiger partial charge in [-0.1, -0.05) is 41.0 Å². The van der Waals surface area contributed by atoms with Gasteiger partial charge in [0.2, 0.25) is 0 Å². The Morgan fingerprint density at radius 1 is 1.26 bits per heavy atom. The first-order valence-electron chi connectivity index (χ1n) is 7.74. The highest BCUT2D eigenvalue weighted by Crippen LogP contribution is 2.36. The van der Waals surface area contributed by atoms with E-state index in [-0.39, 0.29) is 5.54 Å². The van der Waals surface area contributed by atoms with Crippen molar-refractivity contribution in [2.24, 2.45) is 5.92 Å². The number of nitrogens with zero attached hydrogens (tertiary/aromatic N) is 1. The topological polar surface area (TPSA) is 24.9 Å².